The molecule has 128 valence electrons. The van der Waals surface area contributed by atoms with Crippen molar-refractivity contribution in [2.24, 2.45) is 0 Å². The van der Waals surface area contributed by atoms with Gasteiger partial charge in [-0.3, -0.25) is 0 Å². The van der Waals surface area contributed by atoms with Crippen LogP contribution in [0.3, 0.4) is 0 Å². The molecule has 0 N–H and O–H groups in total. The molecule has 1 aliphatic rings. The fourth-order valence-corrected chi connectivity index (χ4v) is 12.4. The molecule has 1 aromatic rings. The maximum atomic E-state index is 6.02. The lowest BCUT2D eigenvalue weighted by Gasteiger charge is -2.25. The number of hydrogen-bond donors (Lipinski definition) is 0. The Morgan fingerprint density at radius 3 is 1.61 bits per heavy atom. The Hall–Kier alpha value is -0.332. The van der Waals surface area contributed by atoms with Crippen LogP contribution in [0.15, 0.2) is 5.20 Å². The third-order valence-electron chi connectivity index (χ3n) is 5.09. The minimum absolute atomic E-state index is 0.814. The molecule has 2 rings (SSSR count). The molecule has 1 heterocycles. The van der Waals surface area contributed by atoms with Gasteiger partial charge in [-0.05, 0) is 92.6 Å². The van der Waals surface area contributed by atoms with Gasteiger partial charge < -0.3 is 16.5 Å². The van der Waals surface area contributed by atoms with E-state index in [1.54, 1.807) is 0 Å². The van der Waals surface area contributed by atoms with Crippen LogP contribution in [-0.4, -0.2) is 39.3 Å². The first-order valence-corrected chi connectivity index (χ1v) is 13.0. The largest absolute Gasteiger partial charge is 0.425 e. The summed E-state index contributed by atoms with van der Waals surface area (Å²) >= 11 is 0. The van der Waals surface area contributed by atoms with Gasteiger partial charge in [-0.25, -0.2) is 0 Å². The van der Waals surface area contributed by atoms with Crippen LogP contribution in [0.4, 0.5) is 0 Å². The summed E-state index contributed by atoms with van der Waals surface area (Å²) in [6, 6.07) is 0. The average molecular weight is 385 g/mol. The first-order chi connectivity index (χ1) is 10.9. The monoisotopic (exact) mass is 384 g/mol. The Morgan fingerprint density at radius 2 is 1.13 bits per heavy atom. The van der Waals surface area contributed by atoms with Gasteiger partial charge in [0, 0.05) is 0 Å². The molecule has 0 bridgehead atoms. The van der Waals surface area contributed by atoms with Crippen LogP contribution in [0.1, 0.15) is 47.2 Å². The van der Waals surface area contributed by atoms with Crippen LogP contribution in [0.25, 0.3) is 5.57 Å². The van der Waals surface area contributed by atoms with Gasteiger partial charge in [-0.1, -0.05) is 0 Å². The predicted molar refractivity (Wildman–Crippen MR) is 106 cm³/mol. The third-order valence-corrected chi connectivity index (χ3v) is 12.4. The van der Waals surface area contributed by atoms with E-state index in [0.29, 0.717) is 0 Å². The average Bonchev–Trinajstić information content (AvgIpc) is 2.50. The fraction of sp³-hybridized carbons (Fsp3) is 0.467. The molecule has 1 saturated heterocycles. The van der Waals surface area contributed by atoms with E-state index >= 15 is 0 Å². The number of rotatable bonds is 2. The molecular formula is C15H28O4Si4. The lowest BCUT2D eigenvalue weighted by atomic mass is 9.86. The summed E-state index contributed by atoms with van der Waals surface area (Å²) in [5, 5.41) is 1.27. The molecule has 0 aliphatic carbocycles. The van der Waals surface area contributed by atoms with E-state index in [1.165, 1.54) is 44.2 Å². The van der Waals surface area contributed by atoms with Crippen molar-refractivity contribution in [1.29, 1.82) is 0 Å². The lowest BCUT2D eigenvalue weighted by Crippen LogP contribution is -2.34. The molecule has 0 atom stereocenters. The molecular weight excluding hydrogens is 357 g/mol. The van der Waals surface area contributed by atoms with Gasteiger partial charge in [0.1, 0.15) is 0 Å². The standard InChI is InChI=1S/C15H28O4Si4/c1-8-9(2)11(4)15(12(5)10(8)3)13(6)14(7)23-18-21-16-20-17-22-19-23/h23H,20-22H2,1-7H3. The van der Waals surface area contributed by atoms with Crippen molar-refractivity contribution < 1.29 is 16.5 Å². The first kappa shape index (κ1) is 19.0. The normalized spacial score (nSPS) is 23.9. The number of hydrogen-bond acceptors (Lipinski definition) is 4. The van der Waals surface area contributed by atoms with E-state index in [2.05, 4.69) is 48.5 Å². The molecule has 0 amide bonds. The Morgan fingerprint density at radius 1 is 0.696 bits per heavy atom. The van der Waals surface area contributed by atoms with Crippen molar-refractivity contribution in [2.45, 2.75) is 48.5 Å². The van der Waals surface area contributed by atoms with Gasteiger partial charge in [0.15, 0.2) is 0 Å². The highest BCUT2D eigenvalue weighted by atomic mass is 28.4. The zero-order chi connectivity index (χ0) is 17.1. The van der Waals surface area contributed by atoms with E-state index < -0.39 is 39.3 Å². The first-order valence-electron chi connectivity index (χ1n) is 7.99. The molecule has 0 radical (unpaired) electrons. The minimum atomic E-state index is -1.83. The highest BCUT2D eigenvalue weighted by molar-refractivity contribution is 6.66. The van der Waals surface area contributed by atoms with Crippen molar-refractivity contribution in [3.05, 3.63) is 38.6 Å². The van der Waals surface area contributed by atoms with Crippen LogP contribution in [0, 0.1) is 34.6 Å². The molecule has 0 aromatic heterocycles. The molecule has 0 spiro atoms. The molecule has 8 heteroatoms. The fourth-order valence-electron chi connectivity index (χ4n) is 3.08. The van der Waals surface area contributed by atoms with Gasteiger partial charge in [0.25, 0.3) is 30.0 Å². The second kappa shape index (κ2) is 8.17. The summed E-state index contributed by atoms with van der Waals surface area (Å²) in [7, 11) is -4.51. The molecule has 23 heavy (non-hydrogen) atoms. The van der Waals surface area contributed by atoms with E-state index in [-0.39, 0.29) is 0 Å². The Balaban J connectivity index is 2.47. The quantitative estimate of drug-likeness (QED) is 0.709. The third kappa shape index (κ3) is 4.02. The maximum Gasteiger partial charge on any atom is 0.333 e. The summed E-state index contributed by atoms with van der Waals surface area (Å²) in [4.78, 5) is 0. The van der Waals surface area contributed by atoms with Crippen molar-refractivity contribution >= 4 is 44.9 Å². The van der Waals surface area contributed by atoms with Crippen LogP contribution < -0.4 is 0 Å². The van der Waals surface area contributed by atoms with E-state index in [1.807, 2.05) is 0 Å². The second-order valence-corrected chi connectivity index (χ2v) is 14.4. The van der Waals surface area contributed by atoms with Gasteiger partial charge in [0.2, 0.25) is 0 Å². The van der Waals surface area contributed by atoms with Crippen LogP contribution in [-0.2, 0) is 16.5 Å². The summed E-state index contributed by atoms with van der Waals surface area (Å²) in [5.41, 5.74) is 9.59. The minimum Gasteiger partial charge on any atom is -0.425 e. The second-order valence-electron chi connectivity index (χ2n) is 6.24. The van der Waals surface area contributed by atoms with Gasteiger partial charge >= 0.3 is 9.28 Å². The van der Waals surface area contributed by atoms with E-state index in [0.717, 1.165) is 0 Å². The zero-order valence-corrected chi connectivity index (χ0v) is 20.7. The summed E-state index contributed by atoms with van der Waals surface area (Å²) in [6.07, 6.45) is 0. The highest BCUT2D eigenvalue weighted by Crippen LogP contribution is 2.33. The van der Waals surface area contributed by atoms with Crippen molar-refractivity contribution in [2.75, 3.05) is 0 Å². The number of allylic oxidation sites excluding steroid dienone is 2. The smallest absolute Gasteiger partial charge is 0.333 e. The van der Waals surface area contributed by atoms with Gasteiger partial charge in [-0.2, -0.15) is 0 Å². The van der Waals surface area contributed by atoms with Crippen LogP contribution in [0.5, 0.6) is 0 Å². The molecule has 0 saturated carbocycles. The maximum absolute atomic E-state index is 6.02. The molecule has 1 aliphatic heterocycles. The predicted octanol–water partition coefficient (Wildman–Crippen LogP) is 0.858. The van der Waals surface area contributed by atoms with Crippen molar-refractivity contribution in [3.8, 4) is 0 Å². The highest BCUT2D eigenvalue weighted by Gasteiger charge is 2.23. The molecule has 4 nitrogen and oxygen atoms in total. The molecule has 0 unspecified atom stereocenters. The Kier molecular flexibility index (Phi) is 6.74. The topological polar surface area (TPSA) is 36.9 Å². The summed E-state index contributed by atoms with van der Waals surface area (Å²) < 4.78 is 23.1. The lowest BCUT2D eigenvalue weighted by molar-refractivity contribution is 0.334. The summed E-state index contributed by atoms with van der Waals surface area (Å²) in [6.45, 7) is 15.5. The number of benzene rings is 1. The Labute approximate surface area is 148 Å². The molecule has 1 fully saturated rings. The van der Waals surface area contributed by atoms with Crippen molar-refractivity contribution in [1.82, 2.24) is 0 Å². The van der Waals surface area contributed by atoms with Crippen molar-refractivity contribution in [3.63, 3.8) is 0 Å². The van der Waals surface area contributed by atoms with Crippen LogP contribution >= 0.6 is 0 Å². The van der Waals surface area contributed by atoms with E-state index in [9.17, 15) is 0 Å². The van der Waals surface area contributed by atoms with Gasteiger partial charge in [0.05, 0.1) is 0 Å². The zero-order valence-electron chi connectivity index (χ0n) is 15.3. The summed E-state index contributed by atoms with van der Waals surface area (Å²) in [5.74, 6) is 0. The SMILES string of the molecule is CC(=C(C)[SiH]1O[SiH2]O[SiH2]O[SiH2]O1)c1c(C)c(C)c(C)c(C)c1C. The van der Waals surface area contributed by atoms with Gasteiger partial charge in [-0.15, -0.1) is 0 Å². The Bertz CT molecular complexity index is 593. The molecule has 1 aromatic carbocycles. The van der Waals surface area contributed by atoms with Crippen LogP contribution in [0.2, 0.25) is 0 Å². The van der Waals surface area contributed by atoms with E-state index in [4.69, 9.17) is 16.5 Å².